The van der Waals surface area contributed by atoms with E-state index in [-0.39, 0.29) is 11.7 Å². The van der Waals surface area contributed by atoms with E-state index < -0.39 is 0 Å². The molecule has 2 rings (SSSR count). The van der Waals surface area contributed by atoms with E-state index in [4.69, 9.17) is 5.84 Å². The van der Waals surface area contributed by atoms with E-state index in [1.807, 2.05) is 20.8 Å². The minimum atomic E-state index is -0.232. The molecule has 2 heterocycles. The molecule has 0 spiro atoms. The Hall–Kier alpha value is -1.87. The molecule has 4 N–H and O–H groups in total. The van der Waals surface area contributed by atoms with Crippen LogP contribution in [0.2, 0.25) is 0 Å². The highest BCUT2D eigenvalue weighted by Crippen LogP contribution is 2.26. The van der Waals surface area contributed by atoms with Gasteiger partial charge in [0.25, 0.3) is 0 Å². The second kappa shape index (κ2) is 6.06. The molecule has 0 fully saturated rings. The molecule has 0 saturated heterocycles. The zero-order valence-corrected chi connectivity index (χ0v) is 12.4. The van der Waals surface area contributed by atoms with E-state index in [0.717, 1.165) is 0 Å². The molecule has 0 saturated carbocycles. The van der Waals surface area contributed by atoms with Crippen molar-refractivity contribution in [2.75, 3.05) is 5.43 Å². The van der Waals surface area contributed by atoms with Crippen molar-refractivity contribution in [1.29, 1.82) is 0 Å². The van der Waals surface area contributed by atoms with Crippen LogP contribution in [0.25, 0.3) is 0 Å². The Kier molecular flexibility index (Phi) is 4.40. The summed E-state index contributed by atoms with van der Waals surface area (Å²) in [6.07, 6.45) is 0.695. The van der Waals surface area contributed by atoms with Crippen molar-refractivity contribution in [3.63, 3.8) is 0 Å². The number of hydrazine groups is 1. The lowest BCUT2D eigenvalue weighted by Gasteiger charge is -2.09. The van der Waals surface area contributed by atoms with Gasteiger partial charge in [0.15, 0.2) is 5.16 Å². The fourth-order valence-corrected chi connectivity index (χ4v) is 2.66. The lowest BCUT2D eigenvalue weighted by atomic mass is 10.4. The predicted octanol–water partition coefficient (Wildman–Crippen LogP) is 0.941. The van der Waals surface area contributed by atoms with Gasteiger partial charge in [0.2, 0.25) is 0 Å². The third-order valence-corrected chi connectivity index (χ3v) is 3.49. The number of hydrogen-bond donors (Lipinski definition) is 3. The molecular weight excluding hydrogens is 278 g/mol. The summed E-state index contributed by atoms with van der Waals surface area (Å²) in [5, 5.41) is 7.72. The number of aromatic nitrogens is 5. The minimum Gasteiger partial charge on any atom is -0.308 e. The highest BCUT2D eigenvalue weighted by molar-refractivity contribution is 7.99. The van der Waals surface area contributed by atoms with Crippen molar-refractivity contribution in [2.45, 2.75) is 43.4 Å². The summed E-state index contributed by atoms with van der Waals surface area (Å²) in [6.45, 7) is 5.80. The summed E-state index contributed by atoms with van der Waals surface area (Å²) in [7, 11) is 0. The SMILES string of the molecule is CCc1nc(NN)cc(Sc2n[nH]c(=O)n2C(C)C)n1. The van der Waals surface area contributed by atoms with Gasteiger partial charge in [-0.25, -0.2) is 25.7 Å². The number of nitrogens with one attached hydrogen (secondary N) is 2. The van der Waals surface area contributed by atoms with Gasteiger partial charge in [-0.15, -0.1) is 5.10 Å². The van der Waals surface area contributed by atoms with Gasteiger partial charge in [-0.05, 0) is 25.6 Å². The third kappa shape index (κ3) is 2.99. The number of nitrogens with zero attached hydrogens (tertiary/aromatic N) is 4. The first kappa shape index (κ1) is 14.5. The van der Waals surface area contributed by atoms with Gasteiger partial charge >= 0.3 is 5.69 Å². The van der Waals surface area contributed by atoms with Gasteiger partial charge in [-0.2, -0.15) is 0 Å². The number of aromatic amines is 1. The first-order valence-electron chi connectivity index (χ1n) is 6.24. The van der Waals surface area contributed by atoms with Crippen molar-refractivity contribution >= 4 is 17.6 Å². The van der Waals surface area contributed by atoms with E-state index >= 15 is 0 Å². The van der Waals surface area contributed by atoms with E-state index in [1.54, 1.807) is 10.6 Å². The van der Waals surface area contributed by atoms with Crippen molar-refractivity contribution in [2.24, 2.45) is 5.84 Å². The average molecular weight is 295 g/mol. The zero-order chi connectivity index (χ0) is 14.7. The first-order valence-corrected chi connectivity index (χ1v) is 7.06. The van der Waals surface area contributed by atoms with Gasteiger partial charge < -0.3 is 5.43 Å². The molecule has 0 aromatic carbocycles. The second-order valence-electron chi connectivity index (χ2n) is 4.38. The standard InChI is InChI=1S/C11H17N7OS/c1-4-7-13-8(15-12)5-9(14-7)20-11-17-16-10(19)18(11)6(2)3/h5-6H,4,12H2,1-3H3,(H,16,19)(H,13,14,15). The molecule has 2 aromatic rings. The number of hydrogen-bond acceptors (Lipinski definition) is 7. The highest BCUT2D eigenvalue weighted by atomic mass is 32.2. The normalized spacial score (nSPS) is 11.1. The summed E-state index contributed by atoms with van der Waals surface area (Å²) in [5.41, 5.74) is 2.28. The van der Waals surface area contributed by atoms with Crippen LogP contribution in [0.1, 0.15) is 32.6 Å². The van der Waals surface area contributed by atoms with Crippen LogP contribution in [-0.4, -0.2) is 24.7 Å². The number of H-pyrrole nitrogens is 1. The van der Waals surface area contributed by atoms with E-state index in [1.165, 1.54) is 11.8 Å². The Morgan fingerprint density at radius 1 is 1.50 bits per heavy atom. The number of anilines is 1. The van der Waals surface area contributed by atoms with Crippen LogP contribution in [0.3, 0.4) is 0 Å². The monoisotopic (exact) mass is 295 g/mol. The molecule has 0 radical (unpaired) electrons. The van der Waals surface area contributed by atoms with Crippen molar-refractivity contribution in [3.8, 4) is 0 Å². The van der Waals surface area contributed by atoms with Crippen LogP contribution < -0.4 is 17.0 Å². The first-order chi connectivity index (χ1) is 9.55. The molecule has 0 aliphatic heterocycles. The van der Waals surface area contributed by atoms with Crippen molar-refractivity contribution < 1.29 is 0 Å². The summed E-state index contributed by atoms with van der Waals surface area (Å²) in [5.74, 6) is 6.60. The maximum Gasteiger partial charge on any atom is 0.344 e. The summed E-state index contributed by atoms with van der Waals surface area (Å²) in [4.78, 5) is 20.3. The van der Waals surface area contributed by atoms with Crippen LogP contribution in [0.5, 0.6) is 0 Å². The van der Waals surface area contributed by atoms with Crippen molar-refractivity contribution in [1.82, 2.24) is 24.7 Å². The molecule has 0 atom stereocenters. The maximum atomic E-state index is 11.7. The van der Waals surface area contributed by atoms with Gasteiger partial charge in [0.1, 0.15) is 16.7 Å². The van der Waals surface area contributed by atoms with Crippen LogP contribution in [0, 0.1) is 0 Å². The average Bonchev–Trinajstić information content (AvgIpc) is 2.79. The van der Waals surface area contributed by atoms with E-state index in [2.05, 4.69) is 25.6 Å². The smallest absolute Gasteiger partial charge is 0.308 e. The Bertz CT molecular complexity index is 626. The number of aryl methyl sites for hydroxylation is 1. The van der Waals surface area contributed by atoms with Crippen LogP contribution in [0.15, 0.2) is 21.0 Å². The summed E-state index contributed by atoms with van der Waals surface area (Å²) < 4.78 is 1.58. The molecule has 2 aromatic heterocycles. The van der Waals surface area contributed by atoms with E-state index in [0.29, 0.717) is 28.2 Å². The lowest BCUT2D eigenvalue weighted by Crippen LogP contribution is -2.19. The van der Waals surface area contributed by atoms with Gasteiger partial charge in [-0.1, -0.05) is 6.92 Å². The van der Waals surface area contributed by atoms with Crippen LogP contribution >= 0.6 is 11.8 Å². The third-order valence-electron chi connectivity index (χ3n) is 2.60. The van der Waals surface area contributed by atoms with Gasteiger partial charge in [0, 0.05) is 18.5 Å². The fraction of sp³-hybridized carbons (Fsp3) is 0.455. The number of nitrogen functional groups attached to an aromatic ring is 1. The lowest BCUT2D eigenvalue weighted by molar-refractivity contribution is 0.534. The minimum absolute atomic E-state index is 0.0170. The van der Waals surface area contributed by atoms with Gasteiger partial charge in [0.05, 0.1) is 0 Å². The summed E-state index contributed by atoms with van der Waals surface area (Å²) in [6, 6.07) is 1.73. The molecular formula is C11H17N7OS. The quantitative estimate of drug-likeness (QED) is 0.427. The molecule has 0 aliphatic rings. The Labute approximate surface area is 120 Å². The maximum absolute atomic E-state index is 11.7. The molecule has 8 nitrogen and oxygen atoms in total. The van der Waals surface area contributed by atoms with Gasteiger partial charge in [-0.3, -0.25) is 4.57 Å². The van der Waals surface area contributed by atoms with E-state index in [9.17, 15) is 4.79 Å². The largest absolute Gasteiger partial charge is 0.344 e. The fourth-order valence-electron chi connectivity index (χ4n) is 1.67. The highest BCUT2D eigenvalue weighted by Gasteiger charge is 2.14. The molecule has 0 unspecified atom stereocenters. The van der Waals surface area contributed by atoms with Crippen LogP contribution in [0.4, 0.5) is 5.82 Å². The summed E-state index contributed by atoms with van der Waals surface area (Å²) >= 11 is 1.30. The topological polar surface area (TPSA) is 115 Å². The number of rotatable bonds is 5. The molecule has 0 bridgehead atoms. The van der Waals surface area contributed by atoms with Crippen molar-refractivity contribution in [3.05, 3.63) is 22.4 Å². The molecule has 20 heavy (non-hydrogen) atoms. The molecule has 0 aliphatic carbocycles. The molecule has 108 valence electrons. The predicted molar refractivity (Wildman–Crippen MR) is 76.6 cm³/mol. The Morgan fingerprint density at radius 3 is 2.85 bits per heavy atom. The number of nitrogens with two attached hydrogens (primary N) is 1. The Balaban J connectivity index is 2.37. The van der Waals surface area contributed by atoms with Crippen LogP contribution in [-0.2, 0) is 6.42 Å². The Morgan fingerprint density at radius 2 is 2.25 bits per heavy atom. The zero-order valence-electron chi connectivity index (χ0n) is 11.5. The molecule has 0 amide bonds. The molecule has 9 heteroatoms. The second-order valence-corrected chi connectivity index (χ2v) is 5.37.